The Morgan fingerprint density at radius 1 is 1.31 bits per heavy atom. The van der Waals surface area contributed by atoms with Gasteiger partial charge in [0, 0.05) is 19.0 Å². The van der Waals surface area contributed by atoms with Crippen LogP contribution in [0.3, 0.4) is 0 Å². The van der Waals surface area contributed by atoms with E-state index in [0.29, 0.717) is 25.3 Å². The molecule has 1 aliphatic rings. The number of nitrogens with zero attached hydrogens (tertiary/aromatic N) is 1. The first-order valence-electron chi connectivity index (χ1n) is 9.99. The number of rotatable bonds is 10. The molecule has 2 heterocycles. The molecule has 2 aromatic rings. The fraction of sp³-hybridized carbons (Fsp3) is 0.455. The van der Waals surface area contributed by atoms with E-state index in [4.69, 9.17) is 13.9 Å². The third-order valence-corrected chi connectivity index (χ3v) is 5.03. The van der Waals surface area contributed by atoms with Crippen molar-refractivity contribution in [1.29, 1.82) is 0 Å². The van der Waals surface area contributed by atoms with Gasteiger partial charge in [0.05, 0.1) is 20.3 Å². The highest BCUT2D eigenvalue weighted by Crippen LogP contribution is 2.24. The smallest absolute Gasteiger partial charge is 0.374 e. The van der Waals surface area contributed by atoms with E-state index in [2.05, 4.69) is 11.4 Å². The number of likely N-dealkylation sites (tertiary alicyclic amines) is 1. The van der Waals surface area contributed by atoms with Crippen LogP contribution < -0.4 is 10.1 Å². The Hall–Kier alpha value is -2.80. The van der Waals surface area contributed by atoms with Crippen LogP contribution in [-0.2, 0) is 22.6 Å². The molecule has 7 heteroatoms. The summed E-state index contributed by atoms with van der Waals surface area (Å²) in [6.07, 6.45) is 2.25. The molecule has 1 aromatic heterocycles. The van der Waals surface area contributed by atoms with E-state index in [9.17, 15) is 9.59 Å². The van der Waals surface area contributed by atoms with Gasteiger partial charge in [-0.2, -0.15) is 0 Å². The molecule has 0 bridgehead atoms. The standard InChI is InChI=1S/C22H28N2O5/c1-3-28-22(26)20-9-8-19(29-20)15-24-17(7-10-21(24)25)11-12-23-14-16-5-4-6-18(13-16)27-2/h4-6,8-9,13,17,23H,3,7,10-12,14-15H2,1-2H3/t17-/m1/s1. The Labute approximate surface area is 171 Å². The fourth-order valence-corrected chi connectivity index (χ4v) is 3.54. The van der Waals surface area contributed by atoms with Gasteiger partial charge in [-0.05, 0) is 56.1 Å². The van der Waals surface area contributed by atoms with Crippen molar-refractivity contribution >= 4 is 11.9 Å². The van der Waals surface area contributed by atoms with Gasteiger partial charge >= 0.3 is 5.97 Å². The number of hydrogen-bond acceptors (Lipinski definition) is 6. The van der Waals surface area contributed by atoms with Crippen molar-refractivity contribution in [2.24, 2.45) is 0 Å². The molecule has 0 radical (unpaired) electrons. The molecule has 1 aromatic carbocycles. The van der Waals surface area contributed by atoms with Crippen molar-refractivity contribution in [3.8, 4) is 5.75 Å². The van der Waals surface area contributed by atoms with Crippen LogP contribution in [0.5, 0.6) is 5.75 Å². The monoisotopic (exact) mass is 400 g/mol. The number of nitrogens with one attached hydrogen (secondary N) is 1. The molecule has 1 saturated heterocycles. The Morgan fingerprint density at radius 3 is 2.97 bits per heavy atom. The Kier molecular flexibility index (Phi) is 7.30. The van der Waals surface area contributed by atoms with Crippen molar-refractivity contribution in [3.05, 3.63) is 53.5 Å². The van der Waals surface area contributed by atoms with Gasteiger partial charge in [-0.25, -0.2) is 4.79 Å². The summed E-state index contributed by atoms with van der Waals surface area (Å²) < 4.78 is 15.8. The Bertz CT molecular complexity index is 832. The van der Waals surface area contributed by atoms with Gasteiger partial charge in [0.2, 0.25) is 11.7 Å². The zero-order valence-electron chi connectivity index (χ0n) is 17.0. The van der Waals surface area contributed by atoms with Crippen LogP contribution in [0.25, 0.3) is 0 Å². The first-order chi connectivity index (χ1) is 14.1. The summed E-state index contributed by atoms with van der Waals surface area (Å²) in [6, 6.07) is 11.5. The summed E-state index contributed by atoms with van der Waals surface area (Å²) in [5.41, 5.74) is 1.16. The van der Waals surface area contributed by atoms with Gasteiger partial charge in [0.1, 0.15) is 11.5 Å². The molecule has 1 amide bonds. The quantitative estimate of drug-likeness (QED) is 0.487. The topological polar surface area (TPSA) is 81.0 Å². The van der Waals surface area contributed by atoms with Gasteiger partial charge in [0.15, 0.2) is 0 Å². The minimum atomic E-state index is -0.482. The van der Waals surface area contributed by atoms with Crippen molar-refractivity contribution in [3.63, 3.8) is 0 Å². The summed E-state index contributed by atoms with van der Waals surface area (Å²) in [6.45, 7) is 3.97. The molecule has 1 atom stereocenters. The van der Waals surface area contributed by atoms with Crippen LogP contribution in [0.2, 0.25) is 0 Å². The van der Waals surface area contributed by atoms with Crippen LogP contribution >= 0.6 is 0 Å². The number of carbonyl (C=O) groups is 2. The number of esters is 1. The van der Waals surface area contributed by atoms with Gasteiger partial charge in [0.25, 0.3) is 0 Å². The van der Waals surface area contributed by atoms with Crippen molar-refractivity contribution < 1.29 is 23.5 Å². The van der Waals surface area contributed by atoms with Crippen molar-refractivity contribution in [2.45, 2.75) is 45.3 Å². The van der Waals surface area contributed by atoms with Gasteiger partial charge in [-0.1, -0.05) is 12.1 Å². The maximum absolute atomic E-state index is 12.3. The normalized spacial score (nSPS) is 16.3. The molecule has 1 N–H and O–H groups in total. The highest BCUT2D eigenvalue weighted by atomic mass is 16.5. The Balaban J connectivity index is 1.49. The second-order valence-corrected chi connectivity index (χ2v) is 7.02. The summed E-state index contributed by atoms with van der Waals surface area (Å²) in [5.74, 6) is 1.25. The lowest BCUT2D eigenvalue weighted by Gasteiger charge is -2.24. The number of carbonyl (C=O) groups excluding carboxylic acids is 2. The molecular weight excluding hydrogens is 372 g/mol. The number of furan rings is 1. The van der Waals surface area contributed by atoms with Crippen LogP contribution in [0.15, 0.2) is 40.8 Å². The minimum absolute atomic E-state index is 0.122. The number of hydrogen-bond donors (Lipinski definition) is 1. The molecule has 1 fully saturated rings. The highest BCUT2D eigenvalue weighted by Gasteiger charge is 2.31. The number of ether oxygens (including phenoxy) is 2. The molecular formula is C22H28N2O5. The van der Waals surface area contributed by atoms with E-state index in [1.165, 1.54) is 0 Å². The molecule has 0 spiro atoms. The van der Waals surface area contributed by atoms with E-state index in [1.807, 2.05) is 23.1 Å². The first-order valence-corrected chi connectivity index (χ1v) is 9.99. The van der Waals surface area contributed by atoms with Crippen LogP contribution in [0.4, 0.5) is 0 Å². The van der Waals surface area contributed by atoms with Gasteiger partial charge in [-0.15, -0.1) is 0 Å². The maximum Gasteiger partial charge on any atom is 0.374 e. The number of benzene rings is 1. The van der Waals surface area contributed by atoms with Crippen LogP contribution in [-0.4, -0.2) is 43.1 Å². The lowest BCUT2D eigenvalue weighted by Crippen LogP contribution is -2.34. The molecule has 0 unspecified atom stereocenters. The lowest BCUT2D eigenvalue weighted by molar-refractivity contribution is -0.129. The maximum atomic E-state index is 12.3. The zero-order valence-corrected chi connectivity index (χ0v) is 17.0. The second kappa shape index (κ2) is 10.1. The molecule has 0 aliphatic carbocycles. The van der Waals surface area contributed by atoms with E-state index in [-0.39, 0.29) is 17.7 Å². The highest BCUT2D eigenvalue weighted by molar-refractivity contribution is 5.86. The molecule has 29 heavy (non-hydrogen) atoms. The molecule has 7 nitrogen and oxygen atoms in total. The number of amides is 1. The Morgan fingerprint density at radius 2 is 2.17 bits per heavy atom. The second-order valence-electron chi connectivity index (χ2n) is 7.02. The SMILES string of the molecule is CCOC(=O)c1ccc(CN2C(=O)CC[C@@H]2CCNCc2cccc(OC)c2)o1. The average Bonchev–Trinajstić information content (AvgIpc) is 3.34. The zero-order chi connectivity index (χ0) is 20.6. The number of methoxy groups -OCH3 is 1. The van der Waals surface area contributed by atoms with Gasteiger partial charge in [-0.3, -0.25) is 4.79 Å². The summed E-state index contributed by atoms with van der Waals surface area (Å²) in [7, 11) is 1.66. The average molecular weight is 400 g/mol. The third-order valence-electron chi connectivity index (χ3n) is 5.03. The summed E-state index contributed by atoms with van der Waals surface area (Å²) >= 11 is 0. The summed E-state index contributed by atoms with van der Waals surface area (Å²) in [5, 5.41) is 3.43. The lowest BCUT2D eigenvalue weighted by atomic mass is 10.1. The van der Waals surface area contributed by atoms with E-state index in [0.717, 1.165) is 37.2 Å². The minimum Gasteiger partial charge on any atom is -0.497 e. The predicted octanol–water partition coefficient (Wildman–Crippen LogP) is 3.14. The van der Waals surface area contributed by atoms with Crippen LogP contribution in [0, 0.1) is 0 Å². The third kappa shape index (κ3) is 5.60. The molecule has 156 valence electrons. The largest absolute Gasteiger partial charge is 0.497 e. The van der Waals surface area contributed by atoms with E-state index < -0.39 is 5.97 Å². The van der Waals surface area contributed by atoms with Crippen molar-refractivity contribution in [1.82, 2.24) is 10.2 Å². The van der Waals surface area contributed by atoms with Crippen molar-refractivity contribution in [2.75, 3.05) is 20.3 Å². The molecule has 3 rings (SSSR count). The van der Waals surface area contributed by atoms with E-state index in [1.54, 1.807) is 26.2 Å². The predicted molar refractivity (Wildman–Crippen MR) is 108 cm³/mol. The fourth-order valence-electron chi connectivity index (χ4n) is 3.54. The molecule has 0 saturated carbocycles. The molecule has 1 aliphatic heterocycles. The first kappa shape index (κ1) is 20.9. The van der Waals surface area contributed by atoms with E-state index >= 15 is 0 Å². The summed E-state index contributed by atoms with van der Waals surface area (Å²) in [4.78, 5) is 25.9. The van der Waals surface area contributed by atoms with Gasteiger partial charge < -0.3 is 24.1 Å². The van der Waals surface area contributed by atoms with Crippen LogP contribution in [0.1, 0.15) is 48.1 Å².